The fraction of sp³-hybridized carbons (Fsp3) is 0. The first-order valence-corrected chi connectivity index (χ1v) is 6.67. The summed E-state index contributed by atoms with van der Waals surface area (Å²) < 4.78 is 3.18. The topological polar surface area (TPSA) is 0 Å². The highest BCUT2D eigenvalue weighted by Crippen LogP contribution is 1.95. The highest BCUT2D eigenvalue weighted by Gasteiger charge is 2.01. The Labute approximate surface area is 80.2 Å². The molecule has 0 N–H and O–H groups in total. The Hall–Kier alpha value is -0.0675. The van der Waals surface area contributed by atoms with Crippen LogP contribution in [0.5, 0.6) is 0 Å². The van der Waals surface area contributed by atoms with Crippen LogP contribution in [-0.2, 0) is 0 Å². The molecule has 3 heteroatoms. The van der Waals surface area contributed by atoms with Crippen LogP contribution in [-0.4, -0.2) is 15.2 Å². The third-order valence-electron chi connectivity index (χ3n) is 1.51. The van der Waals surface area contributed by atoms with Gasteiger partial charge in [0.05, 0.1) is 0 Å². The van der Waals surface area contributed by atoms with Gasteiger partial charge in [-0.15, -0.1) is 0 Å². The smallest absolute Gasteiger partial charge is 0.167 e. The molecule has 0 aliphatic carbocycles. The van der Waals surface area contributed by atoms with Gasteiger partial charge in [0.1, 0.15) is 0 Å². The van der Waals surface area contributed by atoms with Gasteiger partial charge in [-0.05, 0) is 10.8 Å². The lowest BCUT2D eigenvalue weighted by Crippen LogP contribution is -2.20. The van der Waals surface area contributed by atoms with E-state index in [0.717, 1.165) is 0 Å². The number of hydrogen-bond donors (Lipinski definition) is 0. The van der Waals surface area contributed by atoms with Gasteiger partial charge in [0.2, 0.25) is 0 Å². The molecule has 0 bridgehead atoms. The van der Waals surface area contributed by atoms with Crippen molar-refractivity contribution in [1.82, 2.24) is 0 Å². The minimum Gasteiger partial charge on any atom is -0.167 e. The first-order chi connectivity index (χ1) is 5.45. The molecule has 0 nitrogen and oxygen atoms in total. The second-order valence-electron chi connectivity index (χ2n) is 2.34. The molecule has 11 heavy (non-hydrogen) atoms. The predicted octanol–water partition coefficient (Wildman–Crippen LogP) is 1.20. The average molecular weight is 194 g/mol. The maximum atomic E-state index is 2.25. The van der Waals surface area contributed by atoms with E-state index < -0.39 is 0 Å². The molecule has 2 heterocycles. The summed E-state index contributed by atoms with van der Waals surface area (Å²) in [7, 11) is 0. The van der Waals surface area contributed by atoms with Gasteiger partial charge < -0.3 is 0 Å². The van der Waals surface area contributed by atoms with E-state index >= 15 is 0 Å². The minimum absolute atomic E-state index is 0.113. The molecular formula is C8H7AlS2. The van der Waals surface area contributed by atoms with Crippen LogP contribution in [0.2, 0.25) is 0 Å². The Bertz CT molecular complexity index is 264. The number of rotatable bonds is 2. The highest BCUT2D eigenvalue weighted by atomic mass is 32.1. The van der Waals surface area contributed by atoms with Gasteiger partial charge in [-0.1, -0.05) is 31.7 Å². The van der Waals surface area contributed by atoms with E-state index in [1.807, 2.05) is 22.7 Å². The van der Waals surface area contributed by atoms with Crippen molar-refractivity contribution in [2.24, 2.45) is 0 Å². The fourth-order valence-corrected chi connectivity index (χ4v) is 5.28. The van der Waals surface area contributed by atoms with Gasteiger partial charge in [0.15, 0.2) is 0 Å². The van der Waals surface area contributed by atoms with E-state index in [4.69, 9.17) is 0 Å². The molecule has 0 atom stereocenters. The number of thiophene rings is 2. The normalized spacial score (nSPS) is 9.82. The van der Waals surface area contributed by atoms with E-state index in [1.165, 1.54) is 0 Å². The van der Waals surface area contributed by atoms with Crippen molar-refractivity contribution in [2.45, 2.75) is 0 Å². The van der Waals surface area contributed by atoms with Crippen LogP contribution >= 0.6 is 22.7 Å². The van der Waals surface area contributed by atoms with Crippen LogP contribution in [0.1, 0.15) is 0 Å². The zero-order valence-electron chi connectivity index (χ0n) is 5.99. The Balaban J connectivity index is 2.14. The molecule has 2 aromatic rings. The van der Waals surface area contributed by atoms with Gasteiger partial charge in [0.25, 0.3) is 0 Å². The van der Waals surface area contributed by atoms with Crippen LogP contribution in [0, 0.1) is 0 Å². The quantitative estimate of drug-likeness (QED) is 0.630. The molecule has 0 unspecified atom stereocenters. The summed E-state index contributed by atoms with van der Waals surface area (Å²) in [5, 5.41) is 4.33. The van der Waals surface area contributed by atoms with E-state index in [9.17, 15) is 0 Å². The summed E-state index contributed by atoms with van der Waals surface area (Å²) in [5.41, 5.74) is 0. The first-order valence-electron chi connectivity index (χ1n) is 3.50. The minimum atomic E-state index is -0.113. The standard InChI is InChI=1S/2C4H3S.Al.H/c2*1-2-4-5-3-1;;/h2*1-3H;;. The zero-order chi connectivity index (χ0) is 7.52. The SMILES string of the molecule is c1cs[c]([AlH][c]2cccs2)c1. The molecule has 0 fully saturated rings. The maximum Gasteiger partial charge on any atom is 0.356 e. The molecule has 0 aliphatic heterocycles. The first kappa shape index (κ1) is 7.57. The van der Waals surface area contributed by atoms with Gasteiger partial charge in [-0.25, -0.2) is 0 Å². The lowest BCUT2D eigenvalue weighted by atomic mass is 10.7. The predicted molar refractivity (Wildman–Crippen MR) is 55.1 cm³/mol. The zero-order valence-corrected chi connectivity index (χ0v) is 9.03. The Morgan fingerprint density at radius 3 is 1.82 bits per heavy atom. The average Bonchev–Trinajstić information content (AvgIpc) is 2.60. The Morgan fingerprint density at radius 1 is 0.909 bits per heavy atom. The lowest BCUT2D eigenvalue weighted by molar-refractivity contribution is 2.05. The van der Waals surface area contributed by atoms with Gasteiger partial charge in [-0.3, -0.25) is 0 Å². The molecule has 0 aliphatic rings. The van der Waals surface area contributed by atoms with Gasteiger partial charge in [0, 0.05) is 0 Å². The second-order valence-corrected chi connectivity index (χ2v) is 7.30. The number of hydrogen-bond acceptors (Lipinski definition) is 2. The largest absolute Gasteiger partial charge is 0.356 e. The summed E-state index contributed by atoms with van der Waals surface area (Å²) in [5.74, 6) is 0. The van der Waals surface area contributed by atoms with Crippen LogP contribution in [0.3, 0.4) is 0 Å². The van der Waals surface area contributed by atoms with Crippen LogP contribution in [0.25, 0.3) is 0 Å². The molecule has 0 aromatic carbocycles. The maximum absolute atomic E-state index is 2.25. The Kier molecular flexibility index (Phi) is 2.45. The monoisotopic (exact) mass is 194 g/mol. The highest BCUT2D eigenvalue weighted by molar-refractivity contribution is 7.27. The summed E-state index contributed by atoms with van der Waals surface area (Å²) >= 11 is 3.67. The van der Waals surface area contributed by atoms with Gasteiger partial charge >= 0.3 is 15.2 Å². The van der Waals surface area contributed by atoms with Crippen molar-refractivity contribution in [2.75, 3.05) is 0 Å². The summed E-state index contributed by atoms with van der Waals surface area (Å²) in [6, 6.07) is 8.77. The molecular weight excluding hydrogens is 187 g/mol. The summed E-state index contributed by atoms with van der Waals surface area (Å²) in [6.45, 7) is 0. The molecule has 0 amide bonds. The molecule has 2 aromatic heterocycles. The van der Waals surface area contributed by atoms with Crippen molar-refractivity contribution in [3.8, 4) is 0 Å². The Morgan fingerprint density at radius 2 is 1.45 bits per heavy atom. The van der Waals surface area contributed by atoms with E-state index in [-0.39, 0.29) is 15.2 Å². The summed E-state index contributed by atoms with van der Waals surface area (Å²) in [6.07, 6.45) is 0. The van der Waals surface area contributed by atoms with Crippen molar-refractivity contribution < 1.29 is 0 Å². The van der Waals surface area contributed by atoms with E-state index in [0.29, 0.717) is 0 Å². The van der Waals surface area contributed by atoms with Crippen molar-refractivity contribution in [3.05, 3.63) is 35.0 Å². The van der Waals surface area contributed by atoms with Gasteiger partial charge in [-0.2, -0.15) is 22.7 Å². The van der Waals surface area contributed by atoms with E-state index in [2.05, 4.69) is 35.0 Å². The molecule has 54 valence electrons. The second kappa shape index (κ2) is 3.55. The van der Waals surface area contributed by atoms with Crippen LogP contribution < -0.4 is 7.48 Å². The molecule has 2 rings (SSSR count). The van der Waals surface area contributed by atoms with Crippen LogP contribution in [0.15, 0.2) is 35.0 Å². The summed E-state index contributed by atoms with van der Waals surface area (Å²) in [4.78, 5) is 0. The van der Waals surface area contributed by atoms with E-state index in [1.54, 1.807) is 7.48 Å². The lowest BCUT2D eigenvalue weighted by Gasteiger charge is -1.86. The molecule has 0 spiro atoms. The molecule has 0 radical (unpaired) electrons. The van der Waals surface area contributed by atoms with Crippen LogP contribution in [0.4, 0.5) is 0 Å². The van der Waals surface area contributed by atoms with Crippen molar-refractivity contribution in [3.63, 3.8) is 0 Å². The molecule has 0 saturated carbocycles. The third-order valence-corrected chi connectivity index (χ3v) is 6.01. The molecule has 0 saturated heterocycles. The third kappa shape index (κ3) is 1.94. The fourth-order valence-electron chi connectivity index (χ4n) is 0.998. The van der Waals surface area contributed by atoms with Crippen molar-refractivity contribution in [1.29, 1.82) is 0 Å². The van der Waals surface area contributed by atoms with Crippen molar-refractivity contribution >= 4 is 45.4 Å².